The van der Waals surface area contributed by atoms with Gasteiger partial charge < -0.3 is 10.7 Å². The molecule has 0 saturated carbocycles. The van der Waals surface area contributed by atoms with E-state index in [1.807, 2.05) is 13.0 Å². The van der Waals surface area contributed by atoms with Crippen LogP contribution in [0.2, 0.25) is 0 Å². The first-order valence-electron chi connectivity index (χ1n) is 5.38. The number of aryl methyl sites for hydroxylation is 1. The summed E-state index contributed by atoms with van der Waals surface area (Å²) in [5.74, 6) is 0. The summed E-state index contributed by atoms with van der Waals surface area (Å²) in [5.41, 5.74) is 6.26. The van der Waals surface area contributed by atoms with Crippen LogP contribution in [0.1, 0.15) is 23.7 Å². The second-order valence-electron chi connectivity index (χ2n) is 3.87. The van der Waals surface area contributed by atoms with Gasteiger partial charge in [-0.2, -0.15) is 13.2 Å². The van der Waals surface area contributed by atoms with Gasteiger partial charge in [0.05, 0.1) is 0 Å². The molecule has 1 heterocycles. The van der Waals surface area contributed by atoms with Gasteiger partial charge in [-0.15, -0.1) is 0 Å². The topological polar surface area (TPSA) is 41.8 Å². The van der Waals surface area contributed by atoms with Crippen molar-refractivity contribution >= 4 is 10.9 Å². The van der Waals surface area contributed by atoms with Crippen LogP contribution < -0.4 is 5.73 Å². The molecule has 0 saturated heterocycles. The molecule has 0 aliphatic carbocycles. The minimum Gasteiger partial charge on any atom is -0.351 e. The lowest BCUT2D eigenvalue weighted by molar-refractivity contribution is -0.141. The van der Waals surface area contributed by atoms with Gasteiger partial charge in [-0.3, -0.25) is 0 Å². The molecule has 0 spiro atoms. The fourth-order valence-electron chi connectivity index (χ4n) is 2.08. The third kappa shape index (κ3) is 1.91. The Morgan fingerprint density at radius 2 is 2.00 bits per heavy atom. The van der Waals surface area contributed by atoms with Gasteiger partial charge in [0.1, 0.15) is 5.69 Å². The smallest absolute Gasteiger partial charge is 0.351 e. The predicted molar refractivity (Wildman–Crippen MR) is 60.6 cm³/mol. The second-order valence-corrected chi connectivity index (χ2v) is 3.87. The number of aromatic amines is 1. The standard InChI is InChI=1S/C12H13F3N2/c1-2-7-4-3-5-8-9(6-16)11(12(13,14)15)17-10(7)8/h3-5,17H,2,6,16H2,1H3. The van der Waals surface area contributed by atoms with Gasteiger partial charge in [0, 0.05) is 23.0 Å². The van der Waals surface area contributed by atoms with Crippen molar-refractivity contribution in [1.82, 2.24) is 4.98 Å². The van der Waals surface area contributed by atoms with Crippen LogP contribution in [0.15, 0.2) is 18.2 Å². The normalized spacial score (nSPS) is 12.3. The molecule has 5 heteroatoms. The SMILES string of the molecule is CCc1cccc2c(CN)c(C(F)(F)F)[nH]c12. The zero-order valence-electron chi connectivity index (χ0n) is 9.36. The average Bonchev–Trinajstić information content (AvgIpc) is 2.66. The lowest BCUT2D eigenvalue weighted by atomic mass is 10.1. The van der Waals surface area contributed by atoms with Crippen molar-refractivity contribution in [1.29, 1.82) is 0 Å². The van der Waals surface area contributed by atoms with E-state index in [4.69, 9.17) is 5.73 Å². The van der Waals surface area contributed by atoms with E-state index in [-0.39, 0.29) is 12.1 Å². The van der Waals surface area contributed by atoms with Crippen molar-refractivity contribution in [2.45, 2.75) is 26.1 Å². The molecule has 2 aromatic rings. The second kappa shape index (κ2) is 4.07. The molecule has 1 aromatic heterocycles. The van der Waals surface area contributed by atoms with Gasteiger partial charge in [0.25, 0.3) is 0 Å². The van der Waals surface area contributed by atoms with Crippen LogP contribution in [-0.4, -0.2) is 4.98 Å². The summed E-state index contributed by atoms with van der Waals surface area (Å²) < 4.78 is 38.5. The molecule has 0 radical (unpaired) electrons. The summed E-state index contributed by atoms with van der Waals surface area (Å²) in [5, 5.41) is 0.569. The zero-order chi connectivity index (χ0) is 12.6. The molecule has 0 fully saturated rings. The molecule has 0 atom stereocenters. The number of hydrogen-bond donors (Lipinski definition) is 2. The quantitative estimate of drug-likeness (QED) is 0.834. The van der Waals surface area contributed by atoms with E-state index >= 15 is 0 Å². The number of rotatable bonds is 2. The lowest BCUT2D eigenvalue weighted by Crippen LogP contribution is -2.11. The number of nitrogens with two attached hydrogens (primary N) is 1. The van der Waals surface area contributed by atoms with Crippen LogP contribution in [-0.2, 0) is 19.1 Å². The first kappa shape index (κ1) is 12.0. The number of halogens is 3. The van der Waals surface area contributed by atoms with Crippen LogP contribution in [0.25, 0.3) is 10.9 Å². The molecule has 2 rings (SSSR count). The number of H-pyrrole nitrogens is 1. The molecular weight excluding hydrogens is 229 g/mol. The fraction of sp³-hybridized carbons (Fsp3) is 0.333. The molecule has 3 N–H and O–H groups in total. The largest absolute Gasteiger partial charge is 0.431 e. The number of fused-ring (bicyclic) bond motifs is 1. The maximum Gasteiger partial charge on any atom is 0.431 e. The van der Waals surface area contributed by atoms with Crippen molar-refractivity contribution in [3.63, 3.8) is 0 Å². The summed E-state index contributed by atoms with van der Waals surface area (Å²) in [6.45, 7) is 1.78. The van der Waals surface area contributed by atoms with E-state index in [9.17, 15) is 13.2 Å². The molecular formula is C12H13F3N2. The molecule has 1 aromatic carbocycles. The number of hydrogen-bond acceptors (Lipinski definition) is 1. The number of alkyl halides is 3. The molecule has 92 valence electrons. The Morgan fingerprint density at radius 1 is 1.29 bits per heavy atom. The maximum absolute atomic E-state index is 12.8. The highest BCUT2D eigenvalue weighted by Gasteiger charge is 2.36. The Labute approximate surface area is 96.6 Å². The van der Waals surface area contributed by atoms with E-state index < -0.39 is 11.9 Å². The van der Waals surface area contributed by atoms with Crippen molar-refractivity contribution < 1.29 is 13.2 Å². The van der Waals surface area contributed by atoms with Crippen molar-refractivity contribution in [3.05, 3.63) is 35.0 Å². The Hall–Kier alpha value is -1.49. The molecule has 0 bridgehead atoms. The summed E-state index contributed by atoms with van der Waals surface area (Å²) >= 11 is 0. The van der Waals surface area contributed by atoms with E-state index in [0.29, 0.717) is 17.3 Å². The monoisotopic (exact) mass is 242 g/mol. The highest BCUT2D eigenvalue weighted by molar-refractivity contribution is 5.87. The summed E-state index contributed by atoms with van der Waals surface area (Å²) in [7, 11) is 0. The highest BCUT2D eigenvalue weighted by atomic mass is 19.4. The molecule has 0 aliphatic rings. The molecule has 17 heavy (non-hydrogen) atoms. The Morgan fingerprint density at radius 3 is 2.53 bits per heavy atom. The molecule has 0 aliphatic heterocycles. The van der Waals surface area contributed by atoms with Crippen LogP contribution in [0.4, 0.5) is 13.2 Å². The predicted octanol–water partition coefficient (Wildman–Crippen LogP) is 3.21. The van der Waals surface area contributed by atoms with E-state index in [1.165, 1.54) is 0 Å². The van der Waals surface area contributed by atoms with Crippen molar-refractivity contribution in [2.24, 2.45) is 5.73 Å². The van der Waals surface area contributed by atoms with E-state index in [1.54, 1.807) is 12.1 Å². The Balaban J connectivity index is 2.79. The van der Waals surface area contributed by atoms with Gasteiger partial charge in [-0.25, -0.2) is 0 Å². The van der Waals surface area contributed by atoms with Gasteiger partial charge in [0.2, 0.25) is 0 Å². The first-order chi connectivity index (χ1) is 7.99. The molecule has 0 amide bonds. The maximum atomic E-state index is 12.8. The average molecular weight is 242 g/mol. The number of nitrogens with one attached hydrogen (secondary N) is 1. The summed E-state index contributed by atoms with van der Waals surface area (Å²) in [4.78, 5) is 2.47. The first-order valence-corrected chi connectivity index (χ1v) is 5.38. The van der Waals surface area contributed by atoms with Gasteiger partial charge in [0.15, 0.2) is 0 Å². The van der Waals surface area contributed by atoms with Crippen molar-refractivity contribution in [3.8, 4) is 0 Å². The summed E-state index contributed by atoms with van der Waals surface area (Å²) in [6.07, 6.45) is -3.71. The Bertz CT molecular complexity index is 540. The van der Waals surface area contributed by atoms with E-state index in [2.05, 4.69) is 4.98 Å². The minimum absolute atomic E-state index is 0.123. The fourth-order valence-corrected chi connectivity index (χ4v) is 2.08. The number of benzene rings is 1. The van der Waals surface area contributed by atoms with Crippen LogP contribution in [0.3, 0.4) is 0 Å². The van der Waals surface area contributed by atoms with Crippen molar-refractivity contribution in [2.75, 3.05) is 0 Å². The third-order valence-corrected chi connectivity index (χ3v) is 2.90. The van der Waals surface area contributed by atoms with Gasteiger partial charge >= 0.3 is 6.18 Å². The summed E-state index contributed by atoms with van der Waals surface area (Å²) in [6, 6.07) is 5.25. The van der Waals surface area contributed by atoms with Gasteiger partial charge in [-0.05, 0) is 12.0 Å². The highest BCUT2D eigenvalue weighted by Crippen LogP contribution is 2.36. The molecule has 2 nitrogen and oxygen atoms in total. The molecule has 0 unspecified atom stereocenters. The number of aromatic nitrogens is 1. The zero-order valence-corrected chi connectivity index (χ0v) is 9.36. The van der Waals surface area contributed by atoms with Gasteiger partial charge in [-0.1, -0.05) is 25.1 Å². The minimum atomic E-state index is -4.39. The van der Waals surface area contributed by atoms with E-state index in [0.717, 1.165) is 5.56 Å². The van der Waals surface area contributed by atoms with Crippen LogP contribution >= 0.6 is 0 Å². The van der Waals surface area contributed by atoms with Crippen LogP contribution in [0, 0.1) is 0 Å². The third-order valence-electron chi connectivity index (χ3n) is 2.90. The lowest BCUT2D eigenvalue weighted by Gasteiger charge is -2.05. The van der Waals surface area contributed by atoms with Crippen LogP contribution in [0.5, 0.6) is 0 Å². The number of para-hydroxylation sites is 1. The Kier molecular flexibility index (Phi) is 2.87.